The molecule has 3 heterocycles. The lowest BCUT2D eigenvalue weighted by molar-refractivity contribution is -0.122. The summed E-state index contributed by atoms with van der Waals surface area (Å²) in [4.78, 5) is 27.3. The van der Waals surface area contributed by atoms with E-state index in [2.05, 4.69) is 16.6 Å². The smallest absolute Gasteiger partial charge is 0.294 e. The number of thioether (sulfide) groups is 1. The molecule has 0 spiro atoms. The van der Waals surface area contributed by atoms with Crippen LogP contribution in [0.15, 0.2) is 11.0 Å². The zero-order valence-corrected chi connectivity index (χ0v) is 17.9. The molecule has 1 saturated heterocycles. The summed E-state index contributed by atoms with van der Waals surface area (Å²) in [5, 5.41) is 10.4. The second-order valence-electron chi connectivity index (χ2n) is 7.14. The Labute approximate surface area is 178 Å². The largest absolute Gasteiger partial charge is 0.308 e. The van der Waals surface area contributed by atoms with Crippen molar-refractivity contribution in [3.63, 3.8) is 0 Å². The van der Waals surface area contributed by atoms with E-state index in [1.165, 1.54) is 16.9 Å². The van der Waals surface area contributed by atoms with Gasteiger partial charge in [0.05, 0.1) is 17.0 Å². The van der Waals surface area contributed by atoms with Gasteiger partial charge < -0.3 is 4.57 Å². The Morgan fingerprint density at radius 2 is 2.03 bits per heavy atom. The van der Waals surface area contributed by atoms with Crippen molar-refractivity contribution in [2.45, 2.75) is 39.5 Å². The number of thiophene rings is 1. The summed E-state index contributed by atoms with van der Waals surface area (Å²) >= 11 is 2.61. The summed E-state index contributed by atoms with van der Waals surface area (Å²) < 4.78 is 2.10. The molecule has 146 valence electrons. The number of aryl methyl sites for hydroxylation is 2. The van der Waals surface area contributed by atoms with Crippen LogP contribution in [0.4, 0.5) is 4.79 Å². The maximum absolute atomic E-state index is 12.5. The summed E-state index contributed by atoms with van der Waals surface area (Å²) in [6, 6.07) is 4.41. The summed E-state index contributed by atoms with van der Waals surface area (Å²) in [6.45, 7) is 3.95. The topological polar surface area (TPSA) is 66.1 Å². The van der Waals surface area contributed by atoms with Gasteiger partial charge in [0.25, 0.3) is 11.1 Å². The Kier molecular flexibility index (Phi) is 5.12. The third-order valence-electron chi connectivity index (χ3n) is 5.35. The van der Waals surface area contributed by atoms with Crippen LogP contribution in [0.1, 0.15) is 45.8 Å². The van der Waals surface area contributed by atoms with Crippen molar-refractivity contribution < 1.29 is 9.59 Å². The van der Waals surface area contributed by atoms with Crippen LogP contribution in [0.3, 0.4) is 0 Å². The van der Waals surface area contributed by atoms with Crippen molar-refractivity contribution in [3.05, 3.63) is 43.9 Å². The SMILES string of the molecule is C#CCN1C(=O)S/C(=C/c2cc(C)n(-c3sc4c(c3C#N)CCCC4)c2C)C1=O. The van der Waals surface area contributed by atoms with Crippen molar-refractivity contribution in [3.8, 4) is 23.4 Å². The number of terminal acetylenes is 1. The molecule has 4 rings (SSSR count). The fourth-order valence-electron chi connectivity index (χ4n) is 3.94. The number of hydrogen-bond acceptors (Lipinski definition) is 5. The van der Waals surface area contributed by atoms with Crippen LogP contribution in [-0.2, 0) is 17.6 Å². The van der Waals surface area contributed by atoms with Gasteiger partial charge in [-0.25, -0.2) is 0 Å². The quantitative estimate of drug-likeness (QED) is 0.538. The third kappa shape index (κ3) is 3.21. The summed E-state index contributed by atoms with van der Waals surface area (Å²) in [7, 11) is 0. The molecule has 2 aromatic heterocycles. The molecule has 0 radical (unpaired) electrons. The van der Waals surface area contributed by atoms with E-state index in [1.807, 2.05) is 19.9 Å². The van der Waals surface area contributed by atoms with Gasteiger partial charge in [0, 0.05) is 16.3 Å². The number of amides is 2. The zero-order valence-electron chi connectivity index (χ0n) is 16.2. The van der Waals surface area contributed by atoms with Gasteiger partial charge in [-0.1, -0.05) is 5.92 Å². The Morgan fingerprint density at radius 3 is 2.76 bits per heavy atom. The van der Waals surface area contributed by atoms with Gasteiger partial charge in [0.15, 0.2) is 0 Å². The summed E-state index contributed by atoms with van der Waals surface area (Å²) in [5.74, 6) is 1.99. The van der Waals surface area contributed by atoms with Crippen LogP contribution in [0.5, 0.6) is 0 Å². The normalized spacial score (nSPS) is 17.5. The molecule has 0 N–H and O–H groups in total. The van der Waals surface area contributed by atoms with Crippen LogP contribution >= 0.6 is 23.1 Å². The molecule has 2 aliphatic rings. The molecule has 1 fully saturated rings. The molecule has 0 saturated carbocycles. The minimum Gasteiger partial charge on any atom is -0.308 e. The number of fused-ring (bicyclic) bond motifs is 1. The van der Waals surface area contributed by atoms with E-state index in [0.717, 1.165) is 63.4 Å². The first kappa shape index (κ1) is 19.6. The van der Waals surface area contributed by atoms with Gasteiger partial charge in [-0.05, 0) is 74.6 Å². The van der Waals surface area contributed by atoms with Gasteiger partial charge >= 0.3 is 0 Å². The number of nitrogens with zero attached hydrogens (tertiary/aromatic N) is 3. The molecule has 0 aromatic carbocycles. The third-order valence-corrected chi connectivity index (χ3v) is 7.53. The average Bonchev–Trinajstić information content (AvgIpc) is 3.29. The number of rotatable bonds is 3. The van der Waals surface area contributed by atoms with Crippen LogP contribution in [-0.4, -0.2) is 27.2 Å². The van der Waals surface area contributed by atoms with E-state index < -0.39 is 0 Å². The predicted octanol–water partition coefficient (Wildman–Crippen LogP) is 4.58. The fourth-order valence-corrected chi connectivity index (χ4v) is 6.22. The van der Waals surface area contributed by atoms with Crippen LogP contribution in [0, 0.1) is 37.5 Å². The van der Waals surface area contributed by atoms with E-state index >= 15 is 0 Å². The number of hydrogen-bond donors (Lipinski definition) is 0. The van der Waals surface area contributed by atoms with E-state index in [9.17, 15) is 14.9 Å². The average molecular weight is 422 g/mol. The number of carbonyl (C=O) groups excluding carboxylic acids is 2. The lowest BCUT2D eigenvalue weighted by Crippen LogP contribution is -2.28. The van der Waals surface area contributed by atoms with Gasteiger partial charge in [0.1, 0.15) is 11.1 Å². The summed E-state index contributed by atoms with van der Waals surface area (Å²) in [6.07, 6.45) is 11.3. The highest BCUT2D eigenvalue weighted by molar-refractivity contribution is 8.18. The first-order chi connectivity index (χ1) is 14.0. The molecule has 2 amide bonds. The highest BCUT2D eigenvalue weighted by atomic mass is 32.2. The van der Waals surface area contributed by atoms with Crippen molar-refractivity contribution in [2.75, 3.05) is 6.54 Å². The van der Waals surface area contributed by atoms with E-state index in [4.69, 9.17) is 6.42 Å². The Bertz CT molecular complexity index is 1150. The molecular formula is C22H19N3O2S2. The predicted molar refractivity (Wildman–Crippen MR) is 116 cm³/mol. The number of carbonyl (C=O) groups is 2. The Hall–Kier alpha value is -2.74. The zero-order chi connectivity index (χ0) is 20.7. The molecule has 1 aliphatic heterocycles. The molecule has 1 aliphatic carbocycles. The maximum atomic E-state index is 12.5. The highest BCUT2D eigenvalue weighted by Gasteiger charge is 2.34. The monoisotopic (exact) mass is 421 g/mol. The number of imide groups is 1. The molecule has 0 unspecified atom stereocenters. The minimum absolute atomic E-state index is 0.0205. The molecule has 29 heavy (non-hydrogen) atoms. The van der Waals surface area contributed by atoms with Crippen LogP contribution < -0.4 is 0 Å². The lowest BCUT2D eigenvalue weighted by atomic mass is 9.96. The van der Waals surface area contributed by atoms with Gasteiger partial charge in [0.2, 0.25) is 0 Å². The first-order valence-electron chi connectivity index (χ1n) is 9.39. The van der Waals surface area contributed by atoms with E-state index in [1.54, 1.807) is 17.4 Å². The molecule has 7 heteroatoms. The number of aromatic nitrogens is 1. The standard InChI is InChI=1S/C22H19N3O2S2/c1-4-9-24-20(26)19(29-22(24)27)11-15-10-13(2)25(14(15)3)21-17(12-23)16-7-5-6-8-18(16)28-21/h1,10-11H,5-9H2,2-3H3/b19-11+. The fraction of sp³-hybridized carbons (Fsp3) is 0.318. The highest BCUT2D eigenvalue weighted by Crippen LogP contribution is 2.39. The Balaban J connectivity index is 1.77. The van der Waals surface area contributed by atoms with Crippen molar-refractivity contribution >= 4 is 40.3 Å². The van der Waals surface area contributed by atoms with Crippen molar-refractivity contribution in [2.24, 2.45) is 0 Å². The second kappa shape index (κ2) is 7.59. The van der Waals surface area contributed by atoms with E-state index in [0.29, 0.717) is 4.91 Å². The van der Waals surface area contributed by atoms with Crippen LogP contribution in [0.2, 0.25) is 0 Å². The Morgan fingerprint density at radius 1 is 1.28 bits per heavy atom. The van der Waals surface area contributed by atoms with Gasteiger partial charge in [-0.2, -0.15) is 5.26 Å². The molecule has 5 nitrogen and oxygen atoms in total. The lowest BCUT2D eigenvalue weighted by Gasteiger charge is -2.10. The number of nitriles is 1. The van der Waals surface area contributed by atoms with Crippen molar-refractivity contribution in [1.82, 2.24) is 9.47 Å². The minimum atomic E-state index is -0.355. The molecule has 2 aromatic rings. The van der Waals surface area contributed by atoms with E-state index in [-0.39, 0.29) is 17.7 Å². The molecular weight excluding hydrogens is 402 g/mol. The van der Waals surface area contributed by atoms with Crippen LogP contribution in [0.25, 0.3) is 11.1 Å². The summed E-state index contributed by atoms with van der Waals surface area (Å²) in [5.41, 5.74) is 4.77. The maximum Gasteiger partial charge on any atom is 0.294 e. The van der Waals surface area contributed by atoms with Gasteiger partial charge in [-0.15, -0.1) is 17.8 Å². The van der Waals surface area contributed by atoms with Gasteiger partial charge in [-0.3, -0.25) is 14.5 Å². The van der Waals surface area contributed by atoms with Crippen molar-refractivity contribution in [1.29, 1.82) is 5.26 Å². The molecule has 0 atom stereocenters. The molecule has 0 bridgehead atoms. The second-order valence-corrected chi connectivity index (χ2v) is 9.21. The first-order valence-corrected chi connectivity index (χ1v) is 11.0.